The Morgan fingerprint density at radius 1 is 1.00 bits per heavy atom. The van der Waals surface area contributed by atoms with Gasteiger partial charge in [-0.05, 0) is 31.0 Å². The van der Waals surface area contributed by atoms with E-state index in [1.54, 1.807) is 21.8 Å². The van der Waals surface area contributed by atoms with Gasteiger partial charge in [0.1, 0.15) is 11.7 Å². The standard InChI is InChI=1S/C20H18N4O/c1-14-8-6-7-11-18(14)24-19-17(12-22-24)20(25)23(13-21-19)15(2)16-9-4-3-5-10-16/h3-13,15H,1-2H3/t15-/m0/s1. The van der Waals surface area contributed by atoms with Crippen LogP contribution in [-0.2, 0) is 0 Å². The predicted molar refractivity (Wildman–Crippen MR) is 98.1 cm³/mol. The van der Waals surface area contributed by atoms with Crippen molar-refractivity contribution in [1.82, 2.24) is 19.3 Å². The summed E-state index contributed by atoms with van der Waals surface area (Å²) in [5, 5.41) is 4.92. The van der Waals surface area contributed by atoms with Gasteiger partial charge in [0.25, 0.3) is 5.56 Å². The maximum absolute atomic E-state index is 12.9. The molecule has 2 aromatic heterocycles. The summed E-state index contributed by atoms with van der Waals surface area (Å²) in [7, 11) is 0. The minimum atomic E-state index is -0.0904. The third kappa shape index (κ3) is 2.54. The lowest BCUT2D eigenvalue weighted by molar-refractivity contribution is 0.608. The molecule has 0 amide bonds. The zero-order chi connectivity index (χ0) is 17.4. The van der Waals surface area contributed by atoms with Crippen LogP contribution < -0.4 is 5.56 Å². The number of rotatable bonds is 3. The summed E-state index contributed by atoms with van der Waals surface area (Å²) in [5.74, 6) is 0. The molecule has 2 heterocycles. The van der Waals surface area contributed by atoms with Crippen molar-refractivity contribution in [2.75, 3.05) is 0 Å². The topological polar surface area (TPSA) is 52.7 Å². The van der Waals surface area contributed by atoms with Crippen LogP contribution in [0.2, 0.25) is 0 Å². The number of nitrogens with zero attached hydrogens (tertiary/aromatic N) is 4. The fraction of sp³-hybridized carbons (Fsp3) is 0.150. The Bertz CT molecular complexity index is 1100. The van der Waals surface area contributed by atoms with Gasteiger partial charge in [0, 0.05) is 0 Å². The van der Waals surface area contributed by atoms with Gasteiger partial charge in [-0.15, -0.1) is 0 Å². The van der Waals surface area contributed by atoms with E-state index in [1.165, 1.54) is 0 Å². The van der Waals surface area contributed by atoms with E-state index < -0.39 is 0 Å². The van der Waals surface area contributed by atoms with Crippen LogP contribution in [-0.4, -0.2) is 19.3 Å². The van der Waals surface area contributed by atoms with Crippen molar-refractivity contribution in [2.24, 2.45) is 0 Å². The second kappa shape index (κ2) is 6.02. The largest absolute Gasteiger partial charge is 0.291 e. The van der Waals surface area contributed by atoms with E-state index >= 15 is 0 Å². The van der Waals surface area contributed by atoms with E-state index in [0.29, 0.717) is 11.0 Å². The first-order valence-electron chi connectivity index (χ1n) is 8.22. The summed E-state index contributed by atoms with van der Waals surface area (Å²) in [4.78, 5) is 17.5. The monoisotopic (exact) mass is 330 g/mol. The number of hydrogen-bond acceptors (Lipinski definition) is 3. The van der Waals surface area contributed by atoms with Crippen LogP contribution in [0, 0.1) is 6.92 Å². The van der Waals surface area contributed by atoms with Crippen molar-refractivity contribution in [2.45, 2.75) is 19.9 Å². The molecule has 0 unspecified atom stereocenters. The maximum atomic E-state index is 12.9. The fourth-order valence-electron chi connectivity index (χ4n) is 3.07. The molecule has 0 saturated heterocycles. The Morgan fingerprint density at radius 2 is 1.72 bits per heavy atom. The van der Waals surface area contributed by atoms with Crippen LogP contribution in [0.3, 0.4) is 0 Å². The number of aromatic nitrogens is 4. The average molecular weight is 330 g/mol. The van der Waals surface area contributed by atoms with Gasteiger partial charge in [-0.25, -0.2) is 9.67 Å². The third-order valence-electron chi connectivity index (χ3n) is 4.56. The normalized spacial score (nSPS) is 12.4. The Balaban J connectivity index is 1.86. The van der Waals surface area contributed by atoms with Crippen LogP contribution in [0.15, 0.2) is 71.9 Å². The molecule has 5 nitrogen and oxygen atoms in total. The van der Waals surface area contributed by atoms with E-state index in [2.05, 4.69) is 10.1 Å². The minimum absolute atomic E-state index is 0.0822. The molecule has 0 bridgehead atoms. The second-order valence-electron chi connectivity index (χ2n) is 6.12. The predicted octanol–water partition coefficient (Wildman–Crippen LogP) is 3.50. The molecular formula is C20H18N4O. The zero-order valence-corrected chi connectivity index (χ0v) is 14.1. The molecule has 0 spiro atoms. The van der Waals surface area contributed by atoms with Crippen molar-refractivity contribution >= 4 is 11.0 Å². The first-order chi connectivity index (χ1) is 12.2. The van der Waals surface area contributed by atoms with Crippen molar-refractivity contribution in [3.63, 3.8) is 0 Å². The van der Waals surface area contributed by atoms with E-state index in [4.69, 9.17) is 0 Å². The molecule has 0 aliphatic rings. The van der Waals surface area contributed by atoms with Crippen molar-refractivity contribution < 1.29 is 0 Å². The Morgan fingerprint density at radius 3 is 2.48 bits per heavy atom. The van der Waals surface area contributed by atoms with Gasteiger partial charge in [-0.1, -0.05) is 48.5 Å². The maximum Gasteiger partial charge on any atom is 0.265 e. The Hall–Kier alpha value is -3.21. The van der Waals surface area contributed by atoms with Gasteiger partial charge >= 0.3 is 0 Å². The molecule has 0 fully saturated rings. The molecule has 124 valence electrons. The first kappa shape index (κ1) is 15.3. The van der Waals surface area contributed by atoms with Crippen molar-refractivity contribution in [1.29, 1.82) is 0 Å². The van der Waals surface area contributed by atoms with Gasteiger partial charge < -0.3 is 0 Å². The lowest BCUT2D eigenvalue weighted by Crippen LogP contribution is -2.24. The van der Waals surface area contributed by atoms with E-state index in [1.807, 2.05) is 68.4 Å². The van der Waals surface area contributed by atoms with Gasteiger partial charge in [0.15, 0.2) is 5.65 Å². The fourth-order valence-corrected chi connectivity index (χ4v) is 3.07. The van der Waals surface area contributed by atoms with E-state index in [0.717, 1.165) is 16.8 Å². The van der Waals surface area contributed by atoms with Gasteiger partial charge in [-0.3, -0.25) is 9.36 Å². The summed E-state index contributed by atoms with van der Waals surface area (Å²) < 4.78 is 3.38. The number of benzene rings is 2. The quantitative estimate of drug-likeness (QED) is 0.578. The summed E-state index contributed by atoms with van der Waals surface area (Å²) in [6, 6.07) is 17.8. The Labute approximate surface area is 145 Å². The molecule has 0 aliphatic heterocycles. The number of para-hydroxylation sites is 1. The molecule has 4 aromatic rings. The molecule has 0 N–H and O–H groups in total. The van der Waals surface area contributed by atoms with E-state index in [-0.39, 0.29) is 11.6 Å². The molecule has 0 aliphatic carbocycles. The van der Waals surface area contributed by atoms with E-state index in [9.17, 15) is 4.79 Å². The highest BCUT2D eigenvalue weighted by Crippen LogP contribution is 2.19. The van der Waals surface area contributed by atoms with Crippen molar-refractivity contribution in [3.8, 4) is 5.69 Å². The van der Waals surface area contributed by atoms with Crippen LogP contribution >= 0.6 is 0 Å². The smallest absolute Gasteiger partial charge is 0.265 e. The average Bonchev–Trinajstić information content (AvgIpc) is 3.07. The highest BCUT2D eigenvalue weighted by Gasteiger charge is 2.16. The lowest BCUT2D eigenvalue weighted by atomic mass is 10.1. The lowest BCUT2D eigenvalue weighted by Gasteiger charge is -2.15. The molecule has 0 saturated carbocycles. The number of hydrogen-bond donors (Lipinski definition) is 0. The van der Waals surface area contributed by atoms with Crippen LogP contribution in [0.1, 0.15) is 24.1 Å². The van der Waals surface area contributed by atoms with Gasteiger partial charge in [0.05, 0.1) is 17.9 Å². The molecule has 5 heteroatoms. The van der Waals surface area contributed by atoms with Crippen LogP contribution in [0.25, 0.3) is 16.7 Å². The van der Waals surface area contributed by atoms with Crippen LogP contribution in [0.5, 0.6) is 0 Å². The summed E-state index contributed by atoms with van der Waals surface area (Å²) >= 11 is 0. The minimum Gasteiger partial charge on any atom is -0.291 e. The molecule has 4 rings (SSSR count). The summed E-state index contributed by atoms with van der Waals surface area (Å²) in [6.07, 6.45) is 3.21. The van der Waals surface area contributed by atoms with Crippen LogP contribution in [0.4, 0.5) is 0 Å². The third-order valence-corrected chi connectivity index (χ3v) is 4.56. The first-order valence-corrected chi connectivity index (χ1v) is 8.22. The highest BCUT2D eigenvalue weighted by molar-refractivity contribution is 5.75. The Kier molecular flexibility index (Phi) is 3.69. The summed E-state index contributed by atoms with van der Waals surface area (Å²) in [6.45, 7) is 4.01. The highest BCUT2D eigenvalue weighted by atomic mass is 16.1. The zero-order valence-electron chi connectivity index (χ0n) is 14.1. The van der Waals surface area contributed by atoms with Gasteiger partial charge in [0.2, 0.25) is 0 Å². The molecule has 0 radical (unpaired) electrons. The molecule has 2 aromatic carbocycles. The molecule has 1 atom stereocenters. The molecular weight excluding hydrogens is 312 g/mol. The summed E-state index contributed by atoms with van der Waals surface area (Å²) in [5.41, 5.74) is 3.57. The van der Waals surface area contributed by atoms with Gasteiger partial charge in [-0.2, -0.15) is 5.10 Å². The van der Waals surface area contributed by atoms with Crippen molar-refractivity contribution in [3.05, 3.63) is 88.6 Å². The number of fused-ring (bicyclic) bond motifs is 1. The second-order valence-corrected chi connectivity index (χ2v) is 6.12. The SMILES string of the molecule is Cc1ccccc1-n1ncc2c(=O)n([C@@H](C)c3ccccc3)cnc21. The molecule has 25 heavy (non-hydrogen) atoms. The number of aryl methyl sites for hydroxylation is 1.